The Labute approximate surface area is 109 Å². The zero-order chi connectivity index (χ0) is 13.0. The highest BCUT2D eigenvalue weighted by Crippen LogP contribution is 2.24. The molecule has 0 spiro atoms. The van der Waals surface area contributed by atoms with Gasteiger partial charge in [-0.05, 0) is 43.9 Å². The van der Waals surface area contributed by atoms with Crippen LogP contribution in [0.25, 0.3) is 0 Å². The Kier molecular flexibility index (Phi) is 4.42. The Bertz CT molecular complexity index is 399. The summed E-state index contributed by atoms with van der Waals surface area (Å²) in [6, 6.07) is 4.07. The Morgan fingerprint density at radius 2 is 2.39 bits per heavy atom. The lowest BCUT2D eigenvalue weighted by molar-refractivity contribution is 0.0919. The van der Waals surface area contributed by atoms with Crippen molar-refractivity contribution in [1.82, 2.24) is 9.88 Å². The third kappa shape index (κ3) is 2.75. The number of hydrogen-bond acceptors (Lipinski definition) is 2. The molecule has 1 saturated carbocycles. The van der Waals surface area contributed by atoms with Gasteiger partial charge >= 0.3 is 0 Å². The van der Waals surface area contributed by atoms with Crippen LogP contribution in [-0.4, -0.2) is 23.1 Å². The topological polar surface area (TPSA) is 60.0 Å². The van der Waals surface area contributed by atoms with Crippen molar-refractivity contribution >= 4 is 5.91 Å². The summed E-state index contributed by atoms with van der Waals surface area (Å²) < 4.78 is 2.02. The van der Waals surface area contributed by atoms with Gasteiger partial charge in [0.25, 0.3) is 5.91 Å². The van der Waals surface area contributed by atoms with Crippen LogP contribution in [-0.2, 0) is 6.54 Å². The number of carbonyl (C=O) groups is 1. The Morgan fingerprint density at radius 3 is 3.11 bits per heavy atom. The quantitative estimate of drug-likeness (QED) is 0.835. The summed E-state index contributed by atoms with van der Waals surface area (Å²) >= 11 is 0. The van der Waals surface area contributed by atoms with Crippen molar-refractivity contribution in [2.75, 3.05) is 6.54 Å². The molecule has 0 bridgehead atoms. The van der Waals surface area contributed by atoms with Crippen molar-refractivity contribution in [2.45, 2.75) is 45.2 Å². The first kappa shape index (κ1) is 13.1. The summed E-state index contributed by atoms with van der Waals surface area (Å²) in [5.41, 5.74) is 6.50. The highest BCUT2D eigenvalue weighted by molar-refractivity contribution is 5.93. The van der Waals surface area contributed by atoms with Crippen LogP contribution in [0.1, 0.15) is 43.1 Å². The molecule has 1 fully saturated rings. The van der Waals surface area contributed by atoms with Gasteiger partial charge in [-0.15, -0.1) is 0 Å². The zero-order valence-electron chi connectivity index (χ0n) is 11.1. The Morgan fingerprint density at radius 1 is 1.56 bits per heavy atom. The number of hydrogen-bond donors (Lipinski definition) is 2. The van der Waals surface area contributed by atoms with E-state index in [0.717, 1.165) is 31.5 Å². The lowest BCUT2D eigenvalue weighted by Gasteiger charge is -2.20. The summed E-state index contributed by atoms with van der Waals surface area (Å²) in [6.07, 6.45) is 6.36. The lowest BCUT2D eigenvalue weighted by Crippen LogP contribution is -2.40. The molecule has 4 heteroatoms. The van der Waals surface area contributed by atoms with Crippen LogP contribution in [0.3, 0.4) is 0 Å². The molecule has 1 aliphatic carbocycles. The Balaban J connectivity index is 2.00. The average Bonchev–Trinajstić information content (AvgIpc) is 2.98. The first-order valence-corrected chi connectivity index (χ1v) is 6.92. The van der Waals surface area contributed by atoms with E-state index in [4.69, 9.17) is 5.73 Å². The summed E-state index contributed by atoms with van der Waals surface area (Å²) in [5.74, 6) is 0.488. The van der Waals surface area contributed by atoms with Crippen LogP contribution in [0.15, 0.2) is 18.3 Å². The van der Waals surface area contributed by atoms with Gasteiger partial charge in [-0.3, -0.25) is 4.79 Å². The van der Waals surface area contributed by atoms with Crippen LogP contribution in [0.2, 0.25) is 0 Å². The van der Waals surface area contributed by atoms with Gasteiger partial charge in [0.15, 0.2) is 0 Å². The van der Waals surface area contributed by atoms with E-state index in [9.17, 15) is 4.79 Å². The maximum Gasteiger partial charge on any atom is 0.268 e. The van der Waals surface area contributed by atoms with Crippen LogP contribution < -0.4 is 11.1 Å². The van der Waals surface area contributed by atoms with E-state index < -0.39 is 0 Å². The van der Waals surface area contributed by atoms with Crippen LogP contribution in [0.5, 0.6) is 0 Å². The molecule has 3 N–H and O–H groups in total. The summed E-state index contributed by atoms with van der Waals surface area (Å²) in [5, 5.41) is 3.14. The van der Waals surface area contributed by atoms with E-state index >= 15 is 0 Å². The molecule has 0 radical (unpaired) electrons. The van der Waals surface area contributed by atoms with Crippen LogP contribution in [0.4, 0.5) is 0 Å². The molecule has 1 aromatic rings. The number of aromatic nitrogens is 1. The standard InChI is InChI=1S/C14H23N3O/c1-2-8-17-9-4-7-13(17)14(18)16-12-6-3-5-11(12)10-15/h4,7,9,11-12H,2-3,5-6,8,10,15H2,1H3,(H,16,18). The summed E-state index contributed by atoms with van der Waals surface area (Å²) in [4.78, 5) is 12.2. The second kappa shape index (κ2) is 6.05. The minimum Gasteiger partial charge on any atom is -0.348 e. The molecule has 4 nitrogen and oxygen atoms in total. The van der Waals surface area contributed by atoms with Crippen molar-refractivity contribution in [3.05, 3.63) is 24.0 Å². The van der Waals surface area contributed by atoms with Crippen molar-refractivity contribution < 1.29 is 4.79 Å². The molecule has 1 aliphatic rings. The maximum atomic E-state index is 12.2. The Hall–Kier alpha value is -1.29. The predicted molar refractivity (Wildman–Crippen MR) is 72.4 cm³/mol. The third-order valence-electron chi connectivity index (χ3n) is 3.81. The molecular weight excluding hydrogens is 226 g/mol. The first-order chi connectivity index (χ1) is 8.76. The van der Waals surface area contributed by atoms with E-state index in [1.807, 2.05) is 22.9 Å². The van der Waals surface area contributed by atoms with Crippen molar-refractivity contribution in [3.63, 3.8) is 0 Å². The molecule has 0 aromatic carbocycles. The highest BCUT2D eigenvalue weighted by Gasteiger charge is 2.28. The molecule has 0 aliphatic heterocycles. The van der Waals surface area contributed by atoms with Crippen LogP contribution in [0, 0.1) is 5.92 Å². The second-order valence-corrected chi connectivity index (χ2v) is 5.09. The van der Waals surface area contributed by atoms with Gasteiger partial charge in [-0.2, -0.15) is 0 Å². The molecule has 1 aromatic heterocycles. The zero-order valence-corrected chi connectivity index (χ0v) is 11.1. The molecular formula is C14H23N3O. The fourth-order valence-corrected chi connectivity index (χ4v) is 2.81. The molecule has 1 heterocycles. The monoisotopic (exact) mass is 249 g/mol. The fraction of sp³-hybridized carbons (Fsp3) is 0.643. The normalized spacial score (nSPS) is 23.2. The van der Waals surface area contributed by atoms with Gasteiger partial charge in [0.1, 0.15) is 5.69 Å². The van der Waals surface area contributed by atoms with Crippen molar-refractivity contribution in [1.29, 1.82) is 0 Å². The van der Waals surface area contributed by atoms with Crippen LogP contribution >= 0.6 is 0 Å². The SMILES string of the molecule is CCCn1cccc1C(=O)NC1CCCC1CN. The second-order valence-electron chi connectivity index (χ2n) is 5.09. The molecule has 1 amide bonds. The molecule has 2 atom stereocenters. The average molecular weight is 249 g/mol. The van der Waals surface area contributed by atoms with Gasteiger partial charge in [0, 0.05) is 18.8 Å². The van der Waals surface area contributed by atoms with Gasteiger partial charge in [0.05, 0.1) is 0 Å². The lowest BCUT2D eigenvalue weighted by atomic mass is 10.0. The summed E-state index contributed by atoms with van der Waals surface area (Å²) in [6.45, 7) is 3.67. The van der Waals surface area contributed by atoms with E-state index in [1.165, 1.54) is 6.42 Å². The minimum atomic E-state index is 0.0406. The molecule has 100 valence electrons. The van der Waals surface area contributed by atoms with E-state index in [2.05, 4.69) is 12.2 Å². The van der Waals surface area contributed by atoms with E-state index in [1.54, 1.807) is 0 Å². The summed E-state index contributed by atoms with van der Waals surface area (Å²) in [7, 11) is 0. The number of aryl methyl sites for hydroxylation is 1. The van der Waals surface area contributed by atoms with Gasteiger partial charge in [-0.25, -0.2) is 0 Å². The van der Waals surface area contributed by atoms with Gasteiger partial charge in [0.2, 0.25) is 0 Å². The third-order valence-corrected chi connectivity index (χ3v) is 3.81. The number of nitrogens with two attached hydrogens (primary N) is 1. The number of rotatable bonds is 5. The molecule has 2 rings (SSSR count). The predicted octanol–water partition coefficient (Wildman–Crippen LogP) is 1.76. The van der Waals surface area contributed by atoms with E-state index in [-0.39, 0.29) is 11.9 Å². The van der Waals surface area contributed by atoms with E-state index in [0.29, 0.717) is 12.5 Å². The molecule has 0 saturated heterocycles. The van der Waals surface area contributed by atoms with Crippen molar-refractivity contribution in [2.24, 2.45) is 11.7 Å². The highest BCUT2D eigenvalue weighted by atomic mass is 16.2. The van der Waals surface area contributed by atoms with Gasteiger partial charge in [-0.1, -0.05) is 13.3 Å². The minimum absolute atomic E-state index is 0.0406. The smallest absolute Gasteiger partial charge is 0.268 e. The van der Waals surface area contributed by atoms with Gasteiger partial charge < -0.3 is 15.6 Å². The number of nitrogens with zero attached hydrogens (tertiary/aromatic N) is 1. The molecule has 2 unspecified atom stereocenters. The number of amides is 1. The number of carbonyl (C=O) groups excluding carboxylic acids is 1. The first-order valence-electron chi connectivity index (χ1n) is 6.92. The van der Waals surface area contributed by atoms with Crippen molar-refractivity contribution in [3.8, 4) is 0 Å². The largest absolute Gasteiger partial charge is 0.348 e. The molecule has 18 heavy (non-hydrogen) atoms. The maximum absolute atomic E-state index is 12.2. The number of nitrogens with one attached hydrogen (secondary N) is 1. The fourth-order valence-electron chi connectivity index (χ4n) is 2.81.